The van der Waals surface area contributed by atoms with Gasteiger partial charge in [-0.2, -0.15) is 0 Å². The molecule has 0 aliphatic carbocycles. The zero-order valence-electron chi connectivity index (χ0n) is 13.1. The highest BCUT2D eigenvalue weighted by Gasteiger charge is 2.18. The molecule has 0 radical (unpaired) electrons. The van der Waals surface area contributed by atoms with Crippen molar-refractivity contribution in [2.45, 2.75) is 26.4 Å². The number of ether oxygens (including phenoxy) is 2. The van der Waals surface area contributed by atoms with Crippen LogP contribution in [0.4, 0.5) is 0 Å². The van der Waals surface area contributed by atoms with Gasteiger partial charge in [0.1, 0.15) is 0 Å². The van der Waals surface area contributed by atoms with Gasteiger partial charge in [0.2, 0.25) is 0 Å². The van der Waals surface area contributed by atoms with Crippen LogP contribution in [0.1, 0.15) is 19.4 Å². The van der Waals surface area contributed by atoms with Gasteiger partial charge in [-0.3, -0.25) is 0 Å². The van der Waals surface area contributed by atoms with Crippen LogP contribution in [0.5, 0.6) is 11.5 Å². The minimum absolute atomic E-state index is 0.0929. The summed E-state index contributed by atoms with van der Waals surface area (Å²) in [7, 11) is 1.66. The van der Waals surface area contributed by atoms with Crippen molar-refractivity contribution in [2.75, 3.05) is 39.8 Å². The average Bonchev–Trinajstić information content (AvgIpc) is 2.47. The van der Waals surface area contributed by atoms with Crippen LogP contribution in [0.15, 0.2) is 12.1 Å². The number of nitrogens with one attached hydrogen (secondary N) is 1. The molecule has 1 N–H and O–H groups in total. The molecule has 21 heavy (non-hydrogen) atoms. The van der Waals surface area contributed by atoms with Gasteiger partial charge in [0, 0.05) is 43.3 Å². The first-order valence-electron chi connectivity index (χ1n) is 7.57. The molecule has 1 aliphatic heterocycles. The molecule has 4 nitrogen and oxygen atoms in total. The summed E-state index contributed by atoms with van der Waals surface area (Å²) in [5, 5.41) is 4.12. The van der Waals surface area contributed by atoms with E-state index in [1.807, 2.05) is 26.0 Å². The average molecular weight is 313 g/mol. The van der Waals surface area contributed by atoms with Crippen LogP contribution < -0.4 is 14.8 Å². The Balaban J connectivity index is 2.15. The minimum atomic E-state index is 0.0929. The molecule has 1 heterocycles. The third kappa shape index (κ3) is 4.50. The number of methoxy groups -OCH3 is 1. The lowest BCUT2D eigenvalue weighted by molar-refractivity contribution is 0.222. The van der Waals surface area contributed by atoms with Crippen molar-refractivity contribution in [1.29, 1.82) is 0 Å². The second-order valence-electron chi connectivity index (χ2n) is 5.57. The lowest BCUT2D eigenvalue weighted by atomic mass is 10.1. The number of nitrogens with zero attached hydrogens (tertiary/aromatic N) is 1. The molecule has 0 bridgehead atoms. The second-order valence-corrected chi connectivity index (χ2v) is 5.97. The summed E-state index contributed by atoms with van der Waals surface area (Å²) in [6.45, 7) is 9.30. The third-order valence-corrected chi connectivity index (χ3v) is 3.98. The number of piperazine rings is 1. The highest BCUT2D eigenvalue weighted by molar-refractivity contribution is 6.31. The zero-order valence-corrected chi connectivity index (χ0v) is 13.9. The van der Waals surface area contributed by atoms with Crippen LogP contribution in [0, 0.1) is 0 Å². The van der Waals surface area contributed by atoms with Crippen LogP contribution in [-0.2, 0) is 6.42 Å². The largest absolute Gasteiger partial charge is 0.493 e. The van der Waals surface area contributed by atoms with Crippen LogP contribution >= 0.6 is 11.6 Å². The number of hydrogen-bond donors (Lipinski definition) is 1. The van der Waals surface area contributed by atoms with Gasteiger partial charge in [-0.05, 0) is 32.4 Å². The van der Waals surface area contributed by atoms with Crippen molar-refractivity contribution in [3.63, 3.8) is 0 Å². The first-order chi connectivity index (χ1) is 10.1. The van der Waals surface area contributed by atoms with E-state index in [1.54, 1.807) is 7.11 Å². The monoisotopic (exact) mass is 312 g/mol. The molecule has 0 aromatic heterocycles. The van der Waals surface area contributed by atoms with E-state index < -0.39 is 0 Å². The molecule has 118 valence electrons. The van der Waals surface area contributed by atoms with Gasteiger partial charge in [-0.1, -0.05) is 11.6 Å². The lowest BCUT2D eigenvalue weighted by Crippen LogP contribution is -2.44. The molecule has 0 spiro atoms. The van der Waals surface area contributed by atoms with E-state index >= 15 is 0 Å². The normalized spacial score (nSPS) is 16.2. The van der Waals surface area contributed by atoms with Crippen LogP contribution in [0.25, 0.3) is 0 Å². The number of rotatable bonds is 6. The summed E-state index contributed by atoms with van der Waals surface area (Å²) in [4.78, 5) is 2.45. The molecule has 5 heteroatoms. The molecular formula is C16H25ClN2O2. The van der Waals surface area contributed by atoms with E-state index in [0.717, 1.165) is 61.2 Å². The molecule has 0 amide bonds. The SMILES string of the molecule is COc1ccc(Cl)c(CCN2CCNCC2)c1OC(C)C. The van der Waals surface area contributed by atoms with Gasteiger partial charge in [0.25, 0.3) is 0 Å². The van der Waals surface area contributed by atoms with Crippen molar-refractivity contribution in [1.82, 2.24) is 10.2 Å². The topological polar surface area (TPSA) is 33.7 Å². The van der Waals surface area contributed by atoms with E-state index in [4.69, 9.17) is 21.1 Å². The highest BCUT2D eigenvalue weighted by Crippen LogP contribution is 2.37. The van der Waals surface area contributed by atoms with Crippen molar-refractivity contribution in [2.24, 2.45) is 0 Å². The fourth-order valence-electron chi connectivity index (χ4n) is 2.55. The van der Waals surface area contributed by atoms with Gasteiger partial charge in [0.15, 0.2) is 11.5 Å². The van der Waals surface area contributed by atoms with E-state index in [1.165, 1.54) is 0 Å². The Labute approximate surface area is 132 Å². The summed E-state index contributed by atoms with van der Waals surface area (Å²) in [5.74, 6) is 1.54. The zero-order chi connectivity index (χ0) is 15.2. The third-order valence-electron chi connectivity index (χ3n) is 3.63. The Bertz CT molecular complexity index is 460. The van der Waals surface area contributed by atoms with Crippen LogP contribution in [0.3, 0.4) is 0 Å². The van der Waals surface area contributed by atoms with E-state index in [2.05, 4.69) is 10.2 Å². The second kappa shape index (κ2) is 7.87. The van der Waals surface area contributed by atoms with Crippen LogP contribution in [0.2, 0.25) is 5.02 Å². The van der Waals surface area contributed by atoms with Crippen molar-refractivity contribution >= 4 is 11.6 Å². The first kappa shape index (κ1) is 16.4. The summed E-state index contributed by atoms with van der Waals surface area (Å²) in [5.41, 5.74) is 1.04. The molecule has 0 saturated carbocycles. The van der Waals surface area contributed by atoms with Gasteiger partial charge >= 0.3 is 0 Å². The van der Waals surface area contributed by atoms with E-state index in [0.29, 0.717) is 0 Å². The minimum Gasteiger partial charge on any atom is -0.493 e. The Morgan fingerprint density at radius 3 is 2.62 bits per heavy atom. The summed E-state index contributed by atoms with van der Waals surface area (Å²) in [6.07, 6.45) is 0.966. The Morgan fingerprint density at radius 1 is 1.29 bits per heavy atom. The van der Waals surface area contributed by atoms with Crippen molar-refractivity contribution < 1.29 is 9.47 Å². The maximum Gasteiger partial charge on any atom is 0.166 e. The molecule has 1 aromatic rings. The van der Waals surface area contributed by atoms with E-state index in [9.17, 15) is 0 Å². The quantitative estimate of drug-likeness (QED) is 0.875. The maximum atomic E-state index is 6.39. The Kier molecular flexibility index (Phi) is 6.15. The number of hydrogen-bond acceptors (Lipinski definition) is 4. The van der Waals surface area contributed by atoms with Gasteiger partial charge < -0.3 is 19.7 Å². The number of halogens is 1. The highest BCUT2D eigenvalue weighted by atomic mass is 35.5. The Hall–Kier alpha value is -0.970. The fourth-order valence-corrected chi connectivity index (χ4v) is 2.79. The van der Waals surface area contributed by atoms with Gasteiger partial charge in [-0.25, -0.2) is 0 Å². The van der Waals surface area contributed by atoms with Gasteiger partial charge in [-0.15, -0.1) is 0 Å². The molecule has 2 rings (SSSR count). The first-order valence-corrected chi connectivity index (χ1v) is 7.94. The molecular weight excluding hydrogens is 288 g/mol. The molecule has 1 saturated heterocycles. The molecule has 0 unspecified atom stereocenters. The fraction of sp³-hybridized carbons (Fsp3) is 0.625. The molecule has 1 aromatic carbocycles. The maximum absolute atomic E-state index is 6.39. The predicted octanol–water partition coefficient (Wildman–Crippen LogP) is 2.58. The molecule has 1 fully saturated rings. The summed E-state index contributed by atoms with van der Waals surface area (Å²) < 4.78 is 11.4. The van der Waals surface area contributed by atoms with E-state index in [-0.39, 0.29) is 6.10 Å². The molecule has 0 atom stereocenters. The van der Waals surface area contributed by atoms with Gasteiger partial charge in [0.05, 0.1) is 13.2 Å². The van der Waals surface area contributed by atoms with Crippen molar-refractivity contribution in [3.8, 4) is 11.5 Å². The predicted molar refractivity (Wildman–Crippen MR) is 86.8 cm³/mol. The lowest BCUT2D eigenvalue weighted by Gasteiger charge is -2.27. The molecule has 1 aliphatic rings. The van der Waals surface area contributed by atoms with Crippen molar-refractivity contribution in [3.05, 3.63) is 22.7 Å². The Morgan fingerprint density at radius 2 is 2.00 bits per heavy atom. The van der Waals surface area contributed by atoms with Crippen LogP contribution in [-0.4, -0.2) is 50.8 Å². The standard InChI is InChI=1S/C16H25ClN2O2/c1-12(2)21-16-13(14(17)4-5-15(16)20-3)6-9-19-10-7-18-8-11-19/h4-5,12,18H,6-11H2,1-3H3. The summed E-state index contributed by atoms with van der Waals surface area (Å²) >= 11 is 6.39. The smallest absolute Gasteiger partial charge is 0.166 e. The number of benzene rings is 1. The summed E-state index contributed by atoms with van der Waals surface area (Å²) in [6, 6.07) is 3.76.